The third kappa shape index (κ3) is 6.43. The van der Waals surface area contributed by atoms with Crippen LogP contribution in [0.25, 0.3) is 22.3 Å². The molecule has 0 unspecified atom stereocenters. The van der Waals surface area contributed by atoms with Gasteiger partial charge in [0.15, 0.2) is 0 Å². The van der Waals surface area contributed by atoms with E-state index in [1.807, 2.05) is 74.5 Å². The molecule has 4 aromatic rings. The van der Waals surface area contributed by atoms with Gasteiger partial charge in [-0.1, -0.05) is 72.8 Å². The topological polar surface area (TPSA) is 125 Å². The molecule has 0 atom stereocenters. The zero-order chi connectivity index (χ0) is 33.3. The van der Waals surface area contributed by atoms with Crippen molar-refractivity contribution in [3.8, 4) is 22.3 Å². The van der Waals surface area contributed by atoms with Crippen molar-refractivity contribution in [1.82, 2.24) is 9.62 Å². The molecule has 1 spiro atoms. The molecule has 0 aliphatic carbocycles. The first kappa shape index (κ1) is 32.2. The van der Waals surface area contributed by atoms with Crippen LogP contribution in [0.4, 0.5) is 10.5 Å². The van der Waals surface area contributed by atoms with Crippen LogP contribution >= 0.6 is 0 Å². The monoisotopic (exact) mass is 649 g/mol. The molecule has 2 aliphatic rings. The molecular formula is C37H39N5O4S. The number of amidine groups is 1. The Balaban J connectivity index is 1.15. The largest absolute Gasteiger partial charge is 0.351 e. The average molecular weight is 650 g/mol. The quantitative estimate of drug-likeness (QED) is 0.264. The minimum absolute atomic E-state index is 0.0509. The number of nitrogens with two attached hydrogens (primary N) is 1. The average Bonchev–Trinajstić information content (AvgIpc) is 3.39. The van der Waals surface area contributed by atoms with E-state index in [0.29, 0.717) is 30.8 Å². The maximum absolute atomic E-state index is 13.4. The third-order valence-electron chi connectivity index (χ3n) is 9.39. The summed E-state index contributed by atoms with van der Waals surface area (Å²) in [4.78, 5) is 31.2. The van der Waals surface area contributed by atoms with Gasteiger partial charge in [0.1, 0.15) is 11.4 Å². The second-order valence-electron chi connectivity index (χ2n) is 12.4. The van der Waals surface area contributed by atoms with Crippen molar-refractivity contribution in [2.24, 2.45) is 10.7 Å². The van der Waals surface area contributed by atoms with Crippen molar-refractivity contribution >= 4 is 33.5 Å². The van der Waals surface area contributed by atoms with Crippen molar-refractivity contribution in [3.63, 3.8) is 0 Å². The van der Waals surface area contributed by atoms with Gasteiger partial charge in [-0.3, -0.25) is 14.7 Å². The first-order valence-corrected chi connectivity index (χ1v) is 17.4. The maximum atomic E-state index is 13.4. The Labute approximate surface area is 276 Å². The number of benzene rings is 4. The first-order valence-electron chi connectivity index (χ1n) is 15.8. The SMILES string of the molecule is Cc1cc(N(C)C(N)=O)cc(C)c1CCS(=O)(=O)N1CCC2(CC1)N=C(c1cccc(-c3ccccc3-c3ccccc3)c1)NC2=O. The summed E-state index contributed by atoms with van der Waals surface area (Å²) in [7, 11) is -1.98. The van der Waals surface area contributed by atoms with E-state index in [-0.39, 0.29) is 24.7 Å². The van der Waals surface area contributed by atoms with Crippen LogP contribution in [0, 0.1) is 13.8 Å². The Morgan fingerprint density at radius 2 is 1.45 bits per heavy atom. The highest BCUT2D eigenvalue weighted by molar-refractivity contribution is 7.89. The Hall–Kier alpha value is -4.80. The molecule has 2 heterocycles. The third-order valence-corrected chi connectivity index (χ3v) is 11.3. The van der Waals surface area contributed by atoms with Crippen LogP contribution in [0.5, 0.6) is 0 Å². The summed E-state index contributed by atoms with van der Waals surface area (Å²) in [6.45, 7) is 4.25. The van der Waals surface area contributed by atoms with Crippen LogP contribution in [0.1, 0.15) is 35.1 Å². The van der Waals surface area contributed by atoms with E-state index in [1.54, 1.807) is 7.05 Å². The maximum Gasteiger partial charge on any atom is 0.318 e. The fourth-order valence-corrected chi connectivity index (χ4v) is 8.07. The number of anilines is 1. The fraction of sp³-hybridized carbons (Fsp3) is 0.270. The minimum atomic E-state index is -3.58. The number of urea groups is 1. The number of aryl methyl sites for hydroxylation is 2. The van der Waals surface area contributed by atoms with E-state index in [0.717, 1.165) is 44.5 Å². The van der Waals surface area contributed by atoms with Gasteiger partial charge in [-0.25, -0.2) is 17.5 Å². The van der Waals surface area contributed by atoms with Gasteiger partial charge in [-0.2, -0.15) is 0 Å². The standard InChI is InChI=1S/C37H39N5O4S/c1-25-22-30(41(3)36(38)44)23-26(2)31(25)16-21-47(45,46)42-19-17-37(18-20-42)35(43)39-34(40-37)29-13-9-12-28(24-29)33-15-8-7-14-32(33)27-10-5-4-6-11-27/h4-15,22-24H,16-21H2,1-3H3,(H2,38,44)(H,39,40,43). The van der Waals surface area contributed by atoms with Crippen molar-refractivity contribution in [2.75, 3.05) is 30.8 Å². The van der Waals surface area contributed by atoms with Crippen LogP contribution < -0.4 is 16.0 Å². The number of hydrogen-bond acceptors (Lipinski definition) is 5. The molecule has 0 radical (unpaired) electrons. The zero-order valence-corrected chi connectivity index (χ0v) is 27.7. The molecule has 1 fully saturated rings. The van der Waals surface area contributed by atoms with Crippen LogP contribution in [-0.4, -0.2) is 61.9 Å². The van der Waals surface area contributed by atoms with E-state index in [9.17, 15) is 18.0 Å². The number of piperidine rings is 1. The van der Waals surface area contributed by atoms with Gasteiger partial charge in [0, 0.05) is 31.4 Å². The lowest BCUT2D eigenvalue weighted by Crippen LogP contribution is -2.50. The highest BCUT2D eigenvalue weighted by Crippen LogP contribution is 2.35. The molecule has 2 aliphatic heterocycles. The van der Waals surface area contributed by atoms with Crippen LogP contribution in [-0.2, 0) is 21.2 Å². The number of carbonyl (C=O) groups is 2. The molecule has 1 saturated heterocycles. The number of primary amides is 1. The lowest BCUT2D eigenvalue weighted by molar-refractivity contribution is -0.124. The molecule has 3 amide bonds. The summed E-state index contributed by atoms with van der Waals surface area (Å²) >= 11 is 0. The molecule has 0 saturated carbocycles. The first-order chi connectivity index (χ1) is 22.5. The second-order valence-corrected chi connectivity index (χ2v) is 14.4. The van der Waals surface area contributed by atoms with E-state index >= 15 is 0 Å². The highest BCUT2D eigenvalue weighted by atomic mass is 32.2. The van der Waals surface area contributed by atoms with Gasteiger partial charge in [-0.15, -0.1) is 0 Å². The van der Waals surface area contributed by atoms with E-state index < -0.39 is 21.6 Å². The van der Waals surface area contributed by atoms with Gasteiger partial charge >= 0.3 is 6.03 Å². The molecule has 9 nitrogen and oxygen atoms in total. The Bertz CT molecular complexity index is 1960. The molecule has 6 rings (SSSR count). The van der Waals surface area contributed by atoms with Gasteiger partial charge < -0.3 is 11.1 Å². The van der Waals surface area contributed by atoms with Gasteiger partial charge in [0.05, 0.1) is 5.75 Å². The highest BCUT2D eigenvalue weighted by Gasteiger charge is 2.47. The molecule has 0 bridgehead atoms. The number of amides is 3. The van der Waals surface area contributed by atoms with Crippen molar-refractivity contribution in [3.05, 3.63) is 113 Å². The minimum Gasteiger partial charge on any atom is -0.351 e. The molecule has 4 aromatic carbocycles. The summed E-state index contributed by atoms with van der Waals surface area (Å²) in [6, 6.07) is 29.6. The molecule has 10 heteroatoms. The summed E-state index contributed by atoms with van der Waals surface area (Å²) in [5, 5.41) is 3.00. The van der Waals surface area contributed by atoms with Gasteiger partial charge in [-0.05, 0) is 90.3 Å². The van der Waals surface area contributed by atoms with Gasteiger partial charge in [0.25, 0.3) is 5.91 Å². The number of nitrogens with one attached hydrogen (secondary N) is 1. The lowest BCUT2D eigenvalue weighted by atomic mass is 9.89. The molecule has 242 valence electrons. The van der Waals surface area contributed by atoms with E-state index in [1.165, 1.54) is 9.21 Å². The summed E-state index contributed by atoms with van der Waals surface area (Å²) < 4.78 is 28.4. The van der Waals surface area contributed by atoms with Crippen molar-refractivity contribution < 1.29 is 18.0 Å². The number of rotatable bonds is 8. The van der Waals surface area contributed by atoms with Crippen LogP contribution in [0.3, 0.4) is 0 Å². The number of carbonyl (C=O) groups excluding carboxylic acids is 2. The summed E-state index contributed by atoms with van der Waals surface area (Å²) in [5.74, 6) is 0.276. The predicted molar refractivity (Wildman–Crippen MR) is 187 cm³/mol. The second kappa shape index (κ2) is 12.8. The Morgan fingerprint density at radius 1 is 0.872 bits per heavy atom. The van der Waals surface area contributed by atoms with E-state index in [4.69, 9.17) is 10.7 Å². The number of nitrogens with zero attached hydrogens (tertiary/aromatic N) is 3. The number of aliphatic imine (C=N–C) groups is 1. The predicted octanol–water partition coefficient (Wildman–Crippen LogP) is 5.44. The van der Waals surface area contributed by atoms with Crippen molar-refractivity contribution in [2.45, 2.75) is 38.6 Å². The molecule has 47 heavy (non-hydrogen) atoms. The smallest absolute Gasteiger partial charge is 0.318 e. The lowest BCUT2D eigenvalue weighted by Gasteiger charge is -2.34. The summed E-state index contributed by atoms with van der Waals surface area (Å²) in [6.07, 6.45) is 0.962. The van der Waals surface area contributed by atoms with Gasteiger partial charge in [0.2, 0.25) is 10.0 Å². The van der Waals surface area contributed by atoms with Crippen LogP contribution in [0.2, 0.25) is 0 Å². The Kier molecular flexibility index (Phi) is 8.74. The number of hydrogen-bond donors (Lipinski definition) is 2. The van der Waals surface area contributed by atoms with Crippen LogP contribution in [0.15, 0.2) is 96.0 Å². The molecule has 0 aromatic heterocycles. The number of sulfonamides is 1. The zero-order valence-electron chi connectivity index (χ0n) is 26.9. The Morgan fingerprint density at radius 3 is 2.09 bits per heavy atom. The van der Waals surface area contributed by atoms with Crippen molar-refractivity contribution in [1.29, 1.82) is 0 Å². The molecular weight excluding hydrogens is 611 g/mol. The fourth-order valence-electron chi connectivity index (χ4n) is 6.61. The van der Waals surface area contributed by atoms with E-state index in [2.05, 4.69) is 35.6 Å². The molecule has 3 N–H and O–H groups in total. The summed E-state index contributed by atoms with van der Waals surface area (Å²) in [5.41, 5.74) is 13.0. The normalized spacial score (nSPS) is 16.1.